The topological polar surface area (TPSA) is 91.5 Å². The maximum absolute atomic E-state index is 11.5. The Morgan fingerprint density at radius 1 is 1.25 bits per heavy atom. The molecule has 0 saturated heterocycles. The van der Waals surface area contributed by atoms with Crippen molar-refractivity contribution in [3.63, 3.8) is 0 Å². The Hall–Kier alpha value is -3.02. The van der Waals surface area contributed by atoms with E-state index in [0.717, 1.165) is 22.5 Å². The van der Waals surface area contributed by atoms with E-state index in [0.29, 0.717) is 19.6 Å². The van der Waals surface area contributed by atoms with Crippen LogP contribution in [-0.2, 0) is 17.8 Å². The van der Waals surface area contributed by atoms with Gasteiger partial charge < -0.3 is 21.1 Å². The lowest BCUT2D eigenvalue weighted by molar-refractivity contribution is -0.117. The summed E-state index contributed by atoms with van der Waals surface area (Å²) in [6.07, 6.45) is 4.39. The number of aromatic nitrogens is 1. The maximum atomic E-state index is 11.5. The first kappa shape index (κ1) is 15.9. The fourth-order valence-electron chi connectivity index (χ4n) is 2.86. The van der Waals surface area contributed by atoms with E-state index in [4.69, 9.17) is 5.73 Å². The normalized spacial score (nSPS) is 13.9. The number of nitrogens with two attached hydrogens (primary N) is 1. The van der Waals surface area contributed by atoms with Crippen molar-refractivity contribution < 1.29 is 9.90 Å². The van der Waals surface area contributed by atoms with E-state index in [9.17, 15) is 9.90 Å². The summed E-state index contributed by atoms with van der Waals surface area (Å²) >= 11 is 0. The number of carbonyl (C=O) groups is 1. The monoisotopic (exact) mass is 324 g/mol. The van der Waals surface area contributed by atoms with Crippen molar-refractivity contribution >= 4 is 5.91 Å². The lowest BCUT2D eigenvalue weighted by atomic mass is 10.1. The standard InChI is InChI=1S/C18H20N4O2/c19-18(24)10-17-16(9-13-4-6-20-7-5-13)21-12-22(17)11-14-2-1-3-15(23)8-14/h1-8,21,23H,9-12H2,(H2,19,24). The van der Waals surface area contributed by atoms with Crippen molar-refractivity contribution in [3.05, 3.63) is 71.3 Å². The first-order valence-corrected chi connectivity index (χ1v) is 7.78. The number of primary amides is 1. The number of phenols is 1. The molecule has 3 rings (SSSR count). The molecule has 6 heteroatoms. The Labute approximate surface area is 140 Å². The highest BCUT2D eigenvalue weighted by Gasteiger charge is 2.23. The molecule has 1 aromatic heterocycles. The second kappa shape index (κ2) is 7.04. The van der Waals surface area contributed by atoms with Gasteiger partial charge in [0.2, 0.25) is 5.91 Å². The van der Waals surface area contributed by atoms with E-state index >= 15 is 0 Å². The summed E-state index contributed by atoms with van der Waals surface area (Å²) in [7, 11) is 0. The minimum Gasteiger partial charge on any atom is -0.508 e. The molecule has 1 aromatic carbocycles. The van der Waals surface area contributed by atoms with Gasteiger partial charge in [-0.3, -0.25) is 9.78 Å². The molecular formula is C18H20N4O2. The van der Waals surface area contributed by atoms with Crippen LogP contribution in [0.25, 0.3) is 0 Å². The number of carbonyl (C=O) groups excluding carboxylic acids is 1. The molecule has 4 N–H and O–H groups in total. The number of benzene rings is 1. The van der Waals surface area contributed by atoms with Crippen LogP contribution in [0, 0.1) is 0 Å². The van der Waals surface area contributed by atoms with Crippen LogP contribution in [0.3, 0.4) is 0 Å². The summed E-state index contributed by atoms with van der Waals surface area (Å²) in [6, 6.07) is 11.0. The van der Waals surface area contributed by atoms with Gasteiger partial charge in [-0.1, -0.05) is 12.1 Å². The van der Waals surface area contributed by atoms with E-state index < -0.39 is 0 Å². The lowest BCUT2D eigenvalue weighted by Gasteiger charge is -2.21. The van der Waals surface area contributed by atoms with E-state index in [1.165, 1.54) is 0 Å². The van der Waals surface area contributed by atoms with Gasteiger partial charge in [0.25, 0.3) is 0 Å². The number of nitrogens with one attached hydrogen (secondary N) is 1. The van der Waals surface area contributed by atoms with Crippen LogP contribution >= 0.6 is 0 Å². The van der Waals surface area contributed by atoms with Gasteiger partial charge in [0, 0.05) is 36.8 Å². The zero-order valence-corrected chi connectivity index (χ0v) is 13.3. The van der Waals surface area contributed by atoms with Gasteiger partial charge >= 0.3 is 0 Å². The van der Waals surface area contributed by atoms with Gasteiger partial charge in [0.05, 0.1) is 13.1 Å². The van der Waals surface area contributed by atoms with Crippen LogP contribution < -0.4 is 11.1 Å². The Morgan fingerprint density at radius 2 is 2.04 bits per heavy atom. The van der Waals surface area contributed by atoms with Crippen molar-refractivity contribution in [3.8, 4) is 5.75 Å². The van der Waals surface area contributed by atoms with Gasteiger partial charge in [-0.2, -0.15) is 0 Å². The highest BCUT2D eigenvalue weighted by atomic mass is 16.3. The third kappa shape index (κ3) is 3.84. The van der Waals surface area contributed by atoms with Crippen LogP contribution in [0.15, 0.2) is 60.2 Å². The number of rotatable bonds is 6. The minimum atomic E-state index is -0.359. The molecule has 0 atom stereocenters. The van der Waals surface area contributed by atoms with E-state index in [2.05, 4.69) is 15.2 Å². The average Bonchev–Trinajstić information content (AvgIpc) is 2.90. The molecule has 24 heavy (non-hydrogen) atoms. The van der Waals surface area contributed by atoms with Crippen LogP contribution in [0.4, 0.5) is 0 Å². The molecule has 2 heterocycles. The second-order valence-electron chi connectivity index (χ2n) is 5.80. The van der Waals surface area contributed by atoms with Crippen LogP contribution in [-0.4, -0.2) is 27.6 Å². The van der Waals surface area contributed by atoms with Crippen LogP contribution in [0.5, 0.6) is 5.75 Å². The van der Waals surface area contributed by atoms with Gasteiger partial charge in [0.1, 0.15) is 5.75 Å². The quantitative estimate of drug-likeness (QED) is 0.748. The molecule has 2 aromatic rings. The Balaban J connectivity index is 1.82. The Bertz CT molecular complexity index is 759. The van der Waals surface area contributed by atoms with Gasteiger partial charge in [-0.05, 0) is 35.4 Å². The molecule has 0 aliphatic carbocycles. The third-order valence-electron chi connectivity index (χ3n) is 3.97. The molecule has 0 saturated carbocycles. The summed E-state index contributed by atoms with van der Waals surface area (Å²) in [5.74, 6) is -0.126. The van der Waals surface area contributed by atoms with E-state index in [1.54, 1.807) is 24.5 Å². The van der Waals surface area contributed by atoms with Crippen molar-refractivity contribution in [2.75, 3.05) is 6.67 Å². The van der Waals surface area contributed by atoms with Gasteiger partial charge in [0.15, 0.2) is 0 Å². The predicted octanol–water partition coefficient (Wildman–Crippen LogP) is 1.48. The molecule has 0 fully saturated rings. The highest BCUT2D eigenvalue weighted by Crippen LogP contribution is 2.24. The maximum Gasteiger partial charge on any atom is 0.223 e. The van der Waals surface area contributed by atoms with Crippen molar-refractivity contribution in [1.82, 2.24) is 15.2 Å². The van der Waals surface area contributed by atoms with Crippen LogP contribution in [0.1, 0.15) is 17.5 Å². The first-order chi connectivity index (χ1) is 11.6. The van der Waals surface area contributed by atoms with E-state index in [-0.39, 0.29) is 18.1 Å². The average molecular weight is 324 g/mol. The third-order valence-corrected chi connectivity index (χ3v) is 3.97. The fourth-order valence-corrected chi connectivity index (χ4v) is 2.86. The van der Waals surface area contributed by atoms with Crippen molar-refractivity contribution in [1.29, 1.82) is 0 Å². The molecule has 6 nitrogen and oxygen atoms in total. The highest BCUT2D eigenvalue weighted by molar-refractivity contribution is 5.76. The van der Waals surface area contributed by atoms with Crippen LogP contribution in [0.2, 0.25) is 0 Å². The number of hydrogen-bond donors (Lipinski definition) is 3. The largest absolute Gasteiger partial charge is 0.508 e. The Morgan fingerprint density at radius 3 is 2.75 bits per heavy atom. The summed E-state index contributed by atoms with van der Waals surface area (Å²) in [5, 5.41) is 13.0. The molecule has 1 amide bonds. The summed E-state index contributed by atoms with van der Waals surface area (Å²) in [6.45, 7) is 1.21. The number of phenolic OH excluding ortho intramolecular Hbond substituents is 1. The SMILES string of the molecule is NC(=O)CC1=C(Cc2ccncc2)NCN1Cc1cccc(O)c1. The van der Waals surface area contributed by atoms with Gasteiger partial charge in [-0.25, -0.2) is 0 Å². The molecule has 0 spiro atoms. The number of aromatic hydroxyl groups is 1. The molecular weight excluding hydrogens is 304 g/mol. The first-order valence-electron chi connectivity index (χ1n) is 7.78. The smallest absolute Gasteiger partial charge is 0.223 e. The van der Waals surface area contributed by atoms with Crippen molar-refractivity contribution in [2.24, 2.45) is 5.73 Å². The number of nitrogens with zero attached hydrogens (tertiary/aromatic N) is 2. The summed E-state index contributed by atoms with van der Waals surface area (Å²) in [5.41, 5.74) is 9.43. The number of amides is 1. The second-order valence-corrected chi connectivity index (χ2v) is 5.80. The molecule has 0 unspecified atom stereocenters. The molecule has 1 aliphatic heterocycles. The van der Waals surface area contributed by atoms with E-state index in [1.807, 2.05) is 24.3 Å². The zero-order valence-electron chi connectivity index (χ0n) is 13.3. The molecule has 0 radical (unpaired) electrons. The fraction of sp³-hybridized carbons (Fsp3) is 0.222. The number of pyridine rings is 1. The summed E-state index contributed by atoms with van der Waals surface area (Å²) in [4.78, 5) is 17.6. The minimum absolute atomic E-state index is 0.187. The molecule has 124 valence electrons. The van der Waals surface area contributed by atoms with Gasteiger partial charge in [-0.15, -0.1) is 0 Å². The summed E-state index contributed by atoms with van der Waals surface area (Å²) < 4.78 is 0. The molecule has 0 bridgehead atoms. The van der Waals surface area contributed by atoms with Crippen molar-refractivity contribution in [2.45, 2.75) is 19.4 Å². The molecule has 1 aliphatic rings. The number of allylic oxidation sites excluding steroid dienone is 1. The number of hydrogen-bond acceptors (Lipinski definition) is 5. The lowest BCUT2D eigenvalue weighted by Crippen LogP contribution is -2.25. The zero-order chi connectivity index (χ0) is 16.9. The predicted molar refractivity (Wildman–Crippen MR) is 90.4 cm³/mol. The Kier molecular flexibility index (Phi) is 4.65.